The third kappa shape index (κ3) is 4.78. The number of aryl methyl sites for hydroxylation is 1. The highest BCUT2D eigenvalue weighted by atomic mass is 127. The Balaban J connectivity index is 0.00000243. The van der Waals surface area contributed by atoms with Gasteiger partial charge in [0.1, 0.15) is 0 Å². The summed E-state index contributed by atoms with van der Waals surface area (Å²) >= 11 is 0. The molecule has 140 valence electrons. The highest BCUT2D eigenvalue weighted by molar-refractivity contribution is 14.0. The van der Waals surface area contributed by atoms with Crippen LogP contribution in [0.4, 0.5) is 0 Å². The Morgan fingerprint density at radius 3 is 2.42 bits per heavy atom. The molecule has 1 amide bonds. The van der Waals surface area contributed by atoms with E-state index in [1.807, 2.05) is 17.0 Å². The van der Waals surface area contributed by atoms with Crippen molar-refractivity contribution in [3.05, 3.63) is 59.5 Å². The van der Waals surface area contributed by atoms with E-state index in [0.29, 0.717) is 18.8 Å². The lowest BCUT2D eigenvalue weighted by Crippen LogP contribution is -2.53. The van der Waals surface area contributed by atoms with Gasteiger partial charge in [-0.3, -0.25) is 9.79 Å². The molecule has 1 N–H and O–H groups in total. The molecule has 0 bridgehead atoms. The molecule has 0 aliphatic carbocycles. The number of benzene rings is 1. The largest absolute Gasteiger partial charge is 0.459 e. The third-order valence-electron chi connectivity index (χ3n) is 4.51. The minimum Gasteiger partial charge on any atom is -0.459 e. The molecule has 1 aromatic heterocycles. The number of carbonyl (C=O) groups is 1. The number of rotatable bonds is 3. The summed E-state index contributed by atoms with van der Waals surface area (Å²) in [6.07, 6.45) is 1.53. The summed E-state index contributed by atoms with van der Waals surface area (Å²) in [5.74, 6) is 1.22. The fourth-order valence-electron chi connectivity index (χ4n) is 2.99. The first-order valence-corrected chi connectivity index (χ1v) is 8.52. The van der Waals surface area contributed by atoms with E-state index in [-0.39, 0.29) is 29.9 Å². The van der Waals surface area contributed by atoms with Crippen molar-refractivity contribution < 1.29 is 9.21 Å². The molecule has 0 spiro atoms. The monoisotopic (exact) mass is 468 g/mol. The molecule has 1 aliphatic rings. The van der Waals surface area contributed by atoms with E-state index in [1.54, 1.807) is 19.2 Å². The van der Waals surface area contributed by atoms with Crippen molar-refractivity contribution in [1.82, 2.24) is 15.1 Å². The van der Waals surface area contributed by atoms with E-state index in [2.05, 4.69) is 34.3 Å². The molecule has 1 saturated heterocycles. The number of hydrogen-bond acceptors (Lipinski definition) is 3. The van der Waals surface area contributed by atoms with Crippen molar-refractivity contribution in [2.75, 3.05) is 33.2 Å². The molecule has 0 unspecified atom stereocenters. The molecular formula is C19H25IN4O2. The van der Waals surface area contributed by atoms with Gasteiger partial charge in [0.15, 0.2) is 11.7 Å². The van der Waals surface area contributed by atoms with Crippen molar-refractivity contribution in [3.63, 3.8) is 0 Å². The van der Waals surface area contributed by atoms with Crippen LogP contribution in [0, 0.1) is 6.92 Å². The number of furan rings is 1. The molecule has 2 heterocycles. The number of aliphatic imine (C=N–C) groups is 1. The maximum atomic E-state index is 12.3. The fraction of sp³-hybridized carbons (Fsp3) is 0.368. The van der Waals surface area contributed by atoms with E-state index >= 15 is 0 Å². The van der Waals surface area contributed by atoms with Crippen LogP contribution >= 0.6 is 24.0 Å². The summed E-state index contributed by atoms with van der Waals surface area (Å²) in [4.78, 5) is 20.7. The van der Waals surface area contributed by atoms with Gasteiger partial charge in [-0.1, -0.05) is 24.3 Å². The lowest BCUT2D eigenvalue weighted by molar-refractivity contribution is 0.0657. The Bertz CT molecular complexity index is 738. The van der Waals surface area contributed by atoms with E-state index in [1.165, 1.54) is 17.4 Å². The van der Waals surface area contributed by atoms with Gasteiger partial charge in [-0.15, -0.1) is 24.0 Å². The second kappa shape index (κ2) is 9.61. The van der Waals surface area contributed by atoms with Gasteiger partial charge in [-0.2, -0.15) is 0 Å². The van der Waals surface area contributed by atoms with Gasteiger partial charge in [0.2, 0.25) is 0 Å². The number of piperazine rings is 1. The molecule has 26 heavy (non-hydrogen) atoms. The molecule has 0 atom stereocenters. The van der Waals surface area contributed by atoms with Crippen LogP contribution < -0.4 is 5.32 Å². The van der Waals surface area contributed by atoms with Gasteiger partial charge in [0.05, 0.1) is 6.26 Å². The van der Waals surface area contributed by atoms with E-state index in [0.717, 1.165) is 25.6 Å². The predicted octanol–water partition coefficient (Wildman–Crippen LogP) is 2.74. The van der Waals surface area contributed by atoms with Crippen molar-refractivity contribution in [2.24, 2.45) is 4.99 Å². The van der Waals surface area contributed by atoms with Crippen molar-refractivity contribution in [2.45, 2.75) is 13.5 Å². The molecule has 6 nitrogen and oxygen atoms in total. The first-order chi connectivity index (χ1) is 12.2. The average molecular weight is 468 g/mol. The fourth-order valence-corrected chi connectivity index (χ4v) is 2.99. The van der Waals surface area contributed by atoms with E-state index in [4.69, 9.17) is 4.42 Å². The number of hydrogen-bond donors (Lipinski definition) is 1. The quantitative estimate of drug-likeness (QED) is 0.428. The topological polar surface area (TPSA) is 61.1 Å². The summed E-state index contributed by atoms with van der Waals surface area (Å²) in [6, 6.07) is 11.8. The molecule has 7 heteroatoms. The summed E-state index contributed by atoms with van der Waals surface area (Å²) in [7, 11) is 1.79. The Hall–Kier alpha value is -2.03. The van der Waals surface area contributed by atoms with Crippen LogP contribution in [-0.2, 0) is 6.54 Å². The van der Waals surface area contributed by atoms with Gasteiger partial charge >= 0.3 is 0 Å². The molecule has 1 aromatic carbocycles. The van der Waals surface area contributed by atoms with Crippen molar-refractivity contribution in [3.8, 4) is 0 Å². The third-order valence-corrected chi connectivity index (χ3v) is 4.51. The van der Waals surface area contributed by atoms with Crippen LogP contribution in [0.15, 0.2) is 52.1 Å². The minimum atomic E-state index is -0.0486. The van der Waals surface area contributed by atoms with Gasteiger partial charge in [0, 0.05) is 39.8 Å². The van der Waals surface area contributed by atoms with Crippen LogP contribution in [0.3, 0.4) is 0 Å². The molecule has 2 aromatic rings. The van der Waals surface area contributed by atoms with Crippen LogP contribution in [0.2, 0.25) is 0 Å². The first-order valence-electron chi connectivity index (χ1n) is 8.52. The molecule has 1 aliphatic heterocycles. The Labute approximate surface area is 171 Å². The van der Waals surface area contributed by atoms with Crippen molar-refractivity contribution in [1.29, 1.82) is 0 Å². The highest BCUT2D eigenvalue weighted by Gasteiger charge is 2.25. The van der Waals surface area contributed by atoms with E-state index < -0.39 is 0 Å². The molecular weight excluding hydrogens is 443 g/mol. The number of guanidine groups is 1. The van der Waals surface area contributed by atoms with Crippen LogP contribution in [-0.4, -0.2) is 54.9 Å². The normalized spacial score (nSPS) is 14.8. The predicted molar refractivity (Wildman–Crippen MR) is 113 cm³/mol. The highest BCUT2D eigenvalue weighted by Crippen LogP contribution is 2.10. The standard InChI is InChI=1S/C19H24N4O2.HI/c1-15-6-3-4-7-16(15)14-21-19(20-2)23-11-9-22(10-12-23)18(24)17-8-5-13-25-17;/h3-8,13H,9-12,14H2,1-2H3,(H,20,21);1H. The van der Waals surface area contributed by atoms with Crippen LogP contribution in [0.25, 0.3) is 0 Å². The van der Waals surface area contributed by atoms with Gasteiger partial charge in [-0.25, -0.2) is 0 Å². The Morgan fingerprint density at radius 2 is 1.81 bits per heavy atom. The Morgan fingerprint density at radius 1 is 1.12 bits per heavy atom. The molecule has 1 fully saturated rings. The first kappa shape index (κ1) is 20.3. The molecule has 0 saturated carbocycles. The van der Waals surface area contributed by atoms with E-state index in [9.17, 15) is 4.79 Å². The minimum absolute atomic E-state index is 0. The Kier molecular flexibility index (Phi) is 7.50. The number of carbonyl (C=O) groups excluding carboxylic acids is 1. The summed E-state index contributed by atoms with van der Waals surface area (Å²) in [6.45, 7) is 5.67. The van der Waals surface area contributed by atoms with Crippen LogP contribution in [0.5, 0.6) is 0 Å². The van der Waals surface area contributed by atoms with Crippen LogP contribution in [0.1, 0.15) is 21.7 Å². The number of halogens is 1. The van der Waals surface area contributed by atoms with Gasteiger partial charge in [-0.05, 0) is 30.2 Å². The number of nitrogens with one attached hydrogen (secondary N) is 1. The summed E-state index contributed by atoms with van der Waals surface area (Å²) in [5.41, 5.74) is 2.52. The van der Waals surface area contributed by atoms with Gasteiger partial charge < -0.3 is 19.5 Å². The molecule has 3 rings (SSSR count). The second-order valence-corrected chi connectivity index (χ2v) is 6.08. The lowest BCUT2D eigenvalue weighted by Gasteiger charge is -2.36. The zero-order chi connectivity index (χ0) is 17.6. The summed E-state index contributed by atoms with van der Waals surface area (Å²) < 4.78 is 5.20. The second-order valence-electron chi connectivity index (χ2n) is 6.08. The number of amides is 1. The molecule has 0 radical (unpaired) electrons. The zero-order valence-electron chi connectivity index (χ0n) is 15.1. The lowest BCUT2D eigenvalue weighted by atomic mass is 10.1. The SMILES string of the molecule is CN=C(NCc1ccccc1C)N1CCN(C(=O)c2ccco2)CC1.I. The number of nitrogens with zero attached hydrogens (tertiary/aromatic N) is 3. The maximum absolute atomic E-state index is 12.3. The summed E-state index contributed by atoms with van der Waals surface area (Å²) in [5, 5.41) is 3.42. The maximum Gasteiger partial charge on any atom is 0.289 e. The van der Waals surface area contributed by atoms with Crippen molar-refractivity contribution >= 4 is 35.8 Å². The average Bonchev–Trinajstić information content (AvgIpc) is 3.18. The smallest absolute Gasteiger partial charge is 0.289 e. The zero-order valence-corrected chi connectivity index (χ0v) is 17.5. The van der Waals surface area contributed by atoms with Gasteiger partial charge in [0.25, 0.3) is 5.91 Å².